The SMILES string of the molecule is CCOCCC(NC)C1CCOC2(CCCC2)C1. The Morgan fingerprint density at radius 3 is 2.83 bits per heavy atom. The van der Waals surface area contributed by atoms with Gasteiger partial charge < -0.3 is 14.8 Å². The fraction of sp³-hybridized carbons (Fsp3) is 1.00. The predicted molar refractivity (Wildman–Crippen MR) is 73.8 cm³/mol. The van der Waals surface area contributed by atoms with Crippen molar-refractivity contribution in [1.29, 1.82) is 0 Å². The van der Waals surface area contributed by atoms with Crippen LogP contribution in [0.5, 0.6) is 0 Å². The zero-order chi connectivity index (χ0) is 12.8. The van der Waals surface area contributed by atoms with Crippen LogP contribution in [0, 0.1) is 5.92 Å². The highest BCUT2D eigenvalue weighted by atomic mass is 16.5. The summed E-state index contributed by atoms with van der Waals surface area (Å²) in [6, 6.07) is 0.595. The molecule has 1 aliphatic carbocycles. The number of ether oxygens (including phenoxy) is 2. The summed E-state index contributed by atoms with van der Waals surface area (Å²) in [5, 5.41) is 3.50. The minimum Gasteiger partial charge on any atom is -0.382 e. The number of hydrogen-bond acceptors (Lipinski definition) is 3. The van der Waals surface area contributed by atoms with Crippen LogP contribution in [-0.2, 0) is 9.47 Å². The highest BCUT2D eigenvalue weighted by Gasteiger charge is 2.41. The summed E-state index contributed by atoms with van der Waals surface area (Å²) in [7, 11) is 2.09. The summed E-state index contributed by atoms with van der Waals surface area (Å²) in [5.41, 5.74) is 0.240. The van der Waals surface area contributed by atoms with Crippen molar-refractivity contribution in [3.05, 3.63) is 0 Å². The van der Waals surface area contributed by atoms with Crippen LogP contribution in [-0.4, -0.2) is 38.5 Å². The topological polar surface area (TPSA) is 30.5 Å². The Bertz CT molecular complexity index is 239. The molecular weight excluding hydrogens is 226 g/mol. The van der Waals surface area contributed by atoms with E-state index in [1.807, 2.05) is 0 Å². The van der Waals surface area contributed by atoms with Gasteiger partial charge in [-0.3, -0.25) is 0 Å². The fourth-order valence-corrected chi connectivity index (χ4v) is 3.75. The van der Waals surface area contributed by atoms with E-state index in [0.717, 1.165) is 32.2 Å². The standard InChI is InChI=1S/C15H29NO2/c1-3-17-10-7-14(16-2)13-6-11-18-15(12-13)8-4-5-9-15/h13-14,16H,3-12H2,1-2H3. The molecule has 2 fully saturated rings. The van der Waals surface area contributed by atoms with Gasteiger partial charge in [0.25, 0.3) is 0 Å². The number of nitrogens with one attached hydrogen (secondary N) is 1. The second-order valence-electron chi connectivity index (χ2n) is 5.87. The fourth-order valence-electron chi connectivity index (χ4n) is 3.75. The molecule has 2 rings (SSSR count). The lowest BCUT2D eigenvalue weighted by molar-refractivity contribution is -0.0987. The highest BCUT2D eigenvalue weighted by Crippen LogP contribution is 2.43. The van der Waals surface area contributed by atoms with Crippen LogP contribution in [0.3, 0.4) is 0 Å². The first-order valence-electron chi connectivity index (χ1n) is 7.68. The van der Waals surface area contributed by atoms with Gasteiger partial charge in [0.2, 0.25) is 0 Å². The first kappa shape index (κ1) is 14.3. The molecule has 0 bridgehead atoms. The summed E-state index contributed by atoms with van der Waals surface area (Å²) in [4.78, 5) is 0. The molecule has 18 heavy (non-hydrogen) atoms. The van der Waals surface area contributed by atoms with Crippen molar-refractivity contribution in [2.75, 3.05) is 26.9 Å². The Hall–Kier alpha value is -0.120. The Kier molecular flexibility index (Phi) is 5.46. The van der Waals surface area contributed by atoms with Gasteiger partial charge in [0.05, 0.1) is 5.60 Å². The summed E-state index contributed by atoms with van der Waals surface area (Å²) in [6.45, 7) is 4.73. The lowest BCUT2D eigenvalue weighted by Gasteiger charge is -2.41. The zero-order valence-corrected chi connectivity index (χ0v) is 12.0. The van der Waals surface area contributed by atoms with E-state index >= 15 is 0 Å². The van der Waals surface area contributed by atoms with Crippen LogP contribution < -0.4 is 5.32 Å². The third-order valence-corrected chi connectivity index (χ3v) is 4.76. The average molecular weight is 255 g/mol. The second-order valence-corrected chi connectivity index (χ2v) is 5.87. The summed E-state index contributed by atoms with van der Waals surface area (Å²) >= 11 is 0. The quantitative estimate of drug-likeness (QED) is 0.740. The van der Waals surface area contributed by atoms with Crippen LogP contribution in [0.2, 0.25) is 0 Å². The van der Waals surface area contributed by atoms with Gasteiger partial charge >= 0.3 is 0 Å². The van der Waals surface area contributed by atoms with Gasteiger partial charge in [-0.05, 0) is 52.0 Å². The van der Waals surface area contributed by atoms with Gasteiger partial charge in [-0.25, -0.2) is 0 Å². The van der Waals surface area contributed by atoms with Gasteiger partial charge in [-0.2, -0.15) is 0 Å². The minimum atomic E-state index is 0.240. The summed E-state index contributed by atoms with van der Waals surface area (Å²) in [6.07, 6.45) is 8.87. The second kappa shape index (κ2) is 6.88. The number of hydrogen-bond donors (Lipinski definition) is 1. The normalized spacial score (nSPS) is 28.7. The molecular formula is C15H29NO2. The summed E-state index contributed by atoms with van der Waals surface area (Å²) < 4.78 is 11.6. The van der Waals surface area contributed by atoms with E-state index in [1.54, 1.807) is 0 Å². The van der Waals surface area contributed by atoms with E-state index in [-0.39, 0.29) is 5.60 Å². The minimum absolute atomic E-state index is 0.240. The van der Waals surface area contributed by atoms with Crippen molar-refractivity contribution >= 4 is 0 Å². The molecule has 1 N–H and O–H groups in total. The van der Waals surface area contributed by atoms with Crippen LogP contribution in [0.1, 0.15) is 51.9 Å². The molecule has 0 radical (unpaired) electrons. The highest BCUT2D eigenvalue weighted by molar-refractivity contribution is 4.94. The van der Waals surface area contributed by atoms with Gasteiger partial charge in [-0.15, -0.1) is 0 Å². The Morgan fingerprint density at radius 2 is 2.17 bits per heavy atom. The van der Waals surface area contributed by atoms with Crippen molar-refractivity contribution in [3.63, 3.8) is 0 Å². The van der Waals surface area contributed by atoms with E-state index in [0.29, 0.717) is 6.04 Å². The maximum absolute atomic E-state index is 6.12. The van der Waals surface area contributed by atoms with E-state index in [9.17, 15) is 0 Å². The molecule has 2 atom stereocenters. The molecule has 1 aliphatic heterocycles. The molecule has 1 spiro atoms. The third-order valence-electron chi connectivity index (χ3n) is 4.76. The lowest BCUT2D eigenvalue weighted by Crippen LogP contribution is -2.45. The van der Waals surface area contributed by atoms with Gasteiger partial charge in [0, 0.05) is 25.9 Å². The van der Waals surface area contributed by atoms with Crippen LogP contribution in [0.15, 0.2) is 0 Å². The molecule has 0 aromatic rings. The first-order valence-corrected chi connectivity index (χ1v) is 7.68. The monoisotopic (exact) mass is 255 g/mol. The molecule has 1 heterocycles. The lowest BCUT2D eigenvalue weighted by atomic mass is 9.80. The van der Waals surface area contributed by atoms with E-state index in [1.165, 1.54) is 38.5 Å². The van der Waals surface area contributed by atoms with Crippen molar-refractivity contribution < 1.29 is 9.47 Å². The molecule has 106 valence electrons. The maximum Gasteiger partial charge on any atom is 0.0685 e. The van der Waals surface area contributed by atoms with Crippen LogP contribution in [0.25, 0.3) is 0 Å². The summed E-state index contributed by atoms with van der Waals surface area (Å²) in [5.74, 6) is 0.766. The van der Waals surface area contributed by atoms with Crippen LogP contribution in [0.4, 0.5) is 0 Å². The molecule has 1 saturated heterocycles. The third kappa shape index (κ3) is 3.46. The maximum atomic E-state index is 6.12. The molecule has 0 aromatic carbocycles. The largest absolute Gasteiger partial charge is 0.382 e. The van der Waals surface area contributed by atoms with Gasteiger partial charge in [0.15, 0.2) is 0 Å². The molecule has 2 aliphatic rings. The molecule has 1 saturated carbocycles. The number of rotatable bonds is 6. The average Bonchev–Trinajstić information content (AvgIpc) is 2.83. The van der Waals surface area contributed by atoms with Gasteiger partial charge in [-0.1, -0.05) is 12.8 Å². The first-order chi connectivity index (χ1) is 8.79. The van der Waals surface area contributed by atoms with Crippen molar-refractivity contribution in [1.82, 2.24) is 5.32 Å². The molecule has 3 nitrogen and oxygen atoms in total. The predicted octanol–water partition coefficient (Wildman–Crippen LogP) is 2.74. The smallest absolute Gasteiger partial charge is 0.0685 e. The Morgan fingerprint density at radius 1 is 1.39 bits per heavy atom. The van der Waals surface area contributed by atoms with Crippen molar-refractivity contribution in [3.8, 4) is 0 Å². The Balaban J connectivity index is 1.85. The van der Waals surface area contributed by atoms with Crippen LogP contribution >= 0.6 is 0 Å². The van der Waals surface area contributed by atoms with Gasteiger partial charge in [0.1, 0.15) is 0 Å². The van der Waals surface area contributed by atoms with E-state index in [2.05, 4.69) is 19.3 Å². The molecule has 0 amide bonds. The molecule has 2 unspecified atom stereocenters. The van der Waals surface area contributed by atoms with E-state index < -0.39 is 0 Å². The Labute approximate surface area is 112 Å². The van der Waals surface area contributed by atoms with E-state index in [4.69, 9.17) is 9.47 Å². The molecule has 3 heteroatoms. The molecule has 0 aromatic heterocycles. The van der Waals surface area contributed by atoms with Crippen molar-refractivity contribution in [2.24, 2.45) is 5.92 Å². The van der Waals surface area contributed by atoms with Crippen molar-refractivity contribution in [2.45, 2.75) is 63.5 Å². The zero-order valence-electron chi connectivity index (χ0n) is 12.0.